The van der Waals surface area contributed by atoms with Gasteiger partial charge in [-0.1, -0.05) is 17.7 Å². The van der Waals surface area contributed by atoms with E-state index in [1.54, 1.807) is 18.5 Å². The number of aromatic nitrogens is 2. The van der Waals surface area contributed by atoms with Crippen molar-refractivity contribution in [3.8, 4) is 0 Å². The number of anilines is 1. The molecule has 2 aliphatic heterocycles. The number of rotatable bonds is 7. The van der Waals surface area contributed by atoms with E-state index in [4.69, 9.17) is 16.3 Å². The number of aliphatic imine (C=N–C) groups is 1. The van der Waals surface area contributed by atoms with Crippen molar-refractivity contribution in [1.82, 2.24) is 15.3 Å². The average molecular weight is 656 g/mol. The first-order valence-electron chi connectivity index (χ1n) is 13.3. The molecule has 0 radical (unpaired) electrons. The van der Waals surface area contributed by atoms with Crippen LogP contribution in [0.15, 0.2) is 52.1 Å². The van der Waals surface area contributed by atoms with Crippen molar-refractivity contribution in [2.45, 2.75) is 32.0 Å². The fraction of sp³-hybridized carbons (Fsp3) is 0.321. The lowest BCUT2D eigenvalue weighted by molar-refractivity contribution is -0.141. The fourth-order valence-electron chi connectivity index (χ4n) is 5.09. The molecule has 1 unspecified atom stereocenters. The minimum atomic E-state index is -4.86. The largest absolute Gasteiger partial charge is 0.478 e. The van der Waals surface area contributed by atoms with Crippen molar-refractivity contribution in [3.05, 3.63) is 85.6 Å². The molecule has 1 atom stereocenters. The molecule has 3 aromatic rings. The lowest BCUT2D eigenvalue weighted by Crippen LogP contribution is -2.42. The molecule has 2 N–H and O–H groups in total. The van der Waals surface area contributed by atoms with Crippen LogP contribution in [0, 0.1) is 17.6 Å². The molecule has 0 spiro atoms. The Labute approximate surface area is 256 Å². The molecule has 16 heteroatoms. The summed E-state index contributed by atoms with van der Waals surface area (Å²) in [7, 11) is 0. The molecule has 5 rings (SSSR count). The second-order valence-electron chi connectivity index (χ2n) is 9.82. The summed E-state index contributed by atoms with van der Waals surface area (Å²) in [6.45, 7) is 1.91. The third-order valence-corrected chi connectivity index (χ3v) is 8.31. The lowest BCUT2D eigenvalue weighted by Gasteiger charge is -2.37. The Morgan fingerprint density at radius 1 is 1.20 bits per heavy atom. The number of nitrogens with zero attached hydrogens (tertiary/aromatic N) is 4. The van der Waals surface area contributed by atoms with Gasteiger partial charge in [-0.25, -0.2) is 28.3 Å². The predicted octanol–water partition coefficient (Wildman–Crippen LogP) is 6.01. The highest BCUT2D eigenvalue weighted by atomic mass is 35.5. The second kappa shape index (κ2) is 12.5. The molecule has 1 aromatic carbocycles. The summed E-state index contributed by atoms with van der Waals surface area (Å²) in [6.07, 6.45) is -2.74. The van der Waals surface area contributed by atoms with Gasteiger partial charge in [0.1, 0.15) is 17.6 Å². The van der Waals surface area contributed by atoms with E-state index >= 15 is 0 Å². The van der Waals surface area contributed by atoms with Crippen LogP contribution in [0.3, 0.4) is 0 Å². The number of carboxylic acids is 1. The summed E-state index contributed by atoms with van der Waals surface area (Å²) < 4.78 is 74.3. The number of piperidine rings is 1. The average Bonchev–Trinajstić information content (AvgIpc) is 3.54. The van der Waals surface area contributed by atoms with Crippen molar-refractivity contribution in [2.75, 3.05) is 24.6 Å². The third kappa shape index (κ3) is 6.24. The number of carboxylic acid groups (broad SMARTS) is 1. The second-order valence-corrected chi connectivity index (χ2v) is 11.1. The first kappa shape index (κ1) is 31.3. The molecule has 9 nitrogen and oxygen atoms in total. The molecule has 0 amide bonds. The van der Waals surface area contributed by atoms with E-state index in [1.807, 2.05) is 0 Å². The van der Waals surface area contributed by atoms with Gasteiger partial charge >= 0.3 is 18.1 Å². The number of alkyl halides is 3. The number of hydrogen-bond acceptors (Lipinski definition) is 9. The van der Waals surface area contributed by atoms with E-state index in [-0.39, 0.29) is 55.3 Å². The van der Waals surface area contributed by atoms with Gasteiger partial charge in [0, 0.05) is 41.8 Å². The van der Waals surface area contributed by atoms with Crippen molar-refractivity contribution < 1.29 is 41.4 Å². The van der Waals surface area contributed by atoms with Crippen LogP contribution in [-0.4, -0.2) is 52.5 Å². The van der Waals surface area contributed by atoms with E-state index in [0.29, 0.717) is 16.8 Å². The van der Waals surface area contributed by atoms with Gasteiger partial charge in [-0.2, -0.15) is 13.2 Å². The van der Waals surface area contributed by atoms with Crippen LogP contribution in [0.2, 0.25) is 5.02 Å². The van der Waals surface area contributed by atoms with Crippen molar-refractivity contribution in [1.29, 1.82) is 0 Å². The molecule has 0 aliphatic carbocycles. The van der Waals surface area contributed by atoms with E-state index in [0.717, 1.165) is 12.1 Å². The van der Waals surface area contributed by atoms with Gasteiger partial charge in [0.25, 0.3) is 0 Å². The molecule has 0 bridgehead atoms. The number of amidine groups is 1. The zero-order chi connectivity index (χ0) is 31.8. The molecule has 1 fully saturated rings. The summed E-state index contributed by atoms with van der Waals surface area (Å²) in [5, 5.41) is 14.1. The topological polar surface area (TPSA) is 117 Å². The number of carbonyl (C=O) groups is 2. The van der Waals surface area contributed by atoms with E-state index in [2.05, 4.69) is 20.3 Å². The molecular weight excluding hydrogens is 633 g/mol. The van der Waals surface area contributed by atoms with Crippen LogP contribution in [0.5, 0.6) is 0 Å². The highest BCUT2D eigenvalue weighted by Gasteiger charge is 2.39. The summed E-state index contributed by atoms with van der Waals surface area (Å²) in [5.41, 5.74) is -1.47. The number of nitrogens with one attached hydrogen (secondary N) is 1. The van der Waals surface area contributed by atoms with Gasteiger partial charge < -0.3 is 20.1 Å². The minimum absolute atomic E-state index is 0.00245. The Morgan fingerprint density at radius 3 is 2.55 bits per heavy atom. The van der Waals surface area contributed by atoms with Gasteiger partial charge in [-0.15, -0.1) is 11.3 Å². The first-order valence-corrected chi connectivity index (χ1v) is 14.5. The zero-order valence-corrected chi connectivity index (χ0v) is 24.4. The minimum Gasteiger partial charge on any atom is -0.478 e. The smallest absolute Gasteiger partial charge is 0.433 e. The van der Waals surface area contributed by atoms with Gasteiger partial charge in [0.05, 0.1) is 22.8 Å². The van der Waals surface area contributed by atoms with Crippen LogP contribution < -0.4 is 10.2 Å². The Morgan fingerprint density at radius 2 is 1.93 bits per heavy atom. The van der Waals surface area contributed by atoms with Crippen LogP contribution in [0.1, 0.15) is 52.4 Å². The fourth-order valence-corrected chi connectivity index (χ4v) is 5.93. The maximum absolute atomic E-state index is 14.6. The molecule has 1 saturated heterocycles. The van der Waals surface area contributed by atoms with Crippen LogP contribution in [-0.2, 0) is 15.7 Å². The van der Waals surface area contributed by atoms with Crippen molar-refractivity contribution >= 4 is 46.5 Å². The number of esters is 1. The Hall–Kier alpha value is -4.11. The third-order valence-electron chi connectivity index (χ3n) is 7.14. The number of thiazole rings is 1. The maximum Gasteiger partial charge on any atom is 0.433 e. The van der Waals surface area contributed by atoms with E-state index in [9.17, 15) is 36.6 Å². The molecule has 44 heavy (non-hydrogen) atoms. The Kier molecular flexibility index (Phi) is 8.88. The monoisotopic (exact) mass is 655 g/mol. The number of aromatic carboxylic acids is 1. The van der Waals surface area contributed by atoms with Gasteiger partial charge in [0.15, 0.2) is 22.5 Å². The van der Waals surface area contributed by atoms with Crippen LogP contribution in [0.4, 0.5) is 27.8 Å². The van der Waals surface area contributed by atoms with Crippen LogP contribution in [0.25, 0.3) is 0 Å². The number of allylic oxidation sites excluding steroid dienone is 1. The standard InChI is InChI=1S/C28H23ClF5N5O4S/c1-2-43-27(42)19-22(13-5-8-39(9-6-13)18-12-14(26(40)41)11-17(36-18)28(32,33)34)37-24(25-35-7-10-44-25)38-23(19)15-3-4-16(30)21(31)20(15)29/h3-4,7,10-13,23H,2,5-6,8-9H2,1H3,(H,37,38)(H,40,41). The highest BCUT2D eigenvalue weighted by molar-refractivity contribution is 7.11. The molecule has 0 saturated carbocycles. The number of hydrogen-bond donors (Lipinski definition) is 2. The number of carbonyl (C=O) groups excluding carboxylic acids is 1. The summed E-state index contributed by atoms with van der Waals surface area (Å²) in [4.78, 5) is 39.0. The van der Waals surface area contributed by atoms with E-state index in [1.165, 1.54) is 22.3 Å². The lowest BCUT2D eigenvalue weighted by atomic mass is 9.85. The van der Waals surface area contributed by atoms with Crippen molar-refractivity contribution in [3.63, 3.8) is 0 Å². The summed E-state index contributed by atoms with van der Waals surface area (Å²) >= 11 is 7.47. The number of halogens is 6. The molecular formula is C28H23ClF5N5O4S. The normalized spacial score (nSPS) is 17.8. The Balaban J connectivity index is 1.54. The predicted molar refractivity (Wildman–Crippen MR) is 151 cm³/mol. The SMILES string of the molecule is CCOC(=O)C1=C(C2CCN(c3cc(C(=O)O)cc(C(F)(F)F)n3)CC2)NC(c2nccs2)=NC1c1ccc(F)c(F)c1Cl. The highest BCUT2D eigenvalue weighted by Crippen LogP contribution is 2.41. The first-order chi connectivity index (χ1) is 20.9. The molecule has 2 aromatic heterocycles. The number of benzene rings is 1. The summed E-state index contributed by atoms with van der Waals surface area (Å²) in [6, 6.07) is 2.47. The quantitative estimate of drug-likeness (QED) is 0.181. The summed E-state index contributed by atoms with van der Waals surface area (Å²) in [5.74, 6) is -5.09. The van der Waals surface area contributed by atoms with E-state index < -0.39 is 58.0 Å². The van der Waals surface area contributed by atoms with Gasteiger partial charge in [0.2, 0.25) is 0 Å². The van der Waals surface area contributed by atoms with Crippen molar-refractivity contribution in [2.24, 2.45) is 10.9 Å². The molecule has 2 aliphatic rings. The number of ether oxygens (including phenoxy) is 1. The Bertz CT molecular complexity index is 1660. The van der Waals surface area contributed by atoms with Crippen LogP contribution >= 0.6 is 22.9 Å². The van der Waals surface area contributed by atoms with Gasteiger partial charge in [-0.3, -0.25) is 4.99 Å². The maximum atomic E-state index is 14.6. The van der Waals surface area contributed by atoms with Gasteiger partial charge in [-0.05, 0) is 38.0 Å². The number of pyridine rings is 1. The zero-order valence-electron chi connectivity index (χ0n) is 22.8. The molecule has 4 heterocycles. The molecule has 232 valence electrons.